The predicted octanol–water partition coefficient (Wildman–Crippen LogP) is 18.9. The molecule has 9 N–H and O–H groups in total. The molecule has 0 aromatic rings. The number of nitrogens with one attached hydrogen (secondary N) is 1. The molecule has 14 heteroatoms. The van der Waals surface area contributed by atoms with Crippen LogP contribution in [-0.2, 0) is 23.7 Å². The highest BCUT2D eigenvalue weighted by Gasteiger charge is 2.51. The Morgan fingerprint density at radius 1 is 0.374 bits per heavy atom. The Hall–Kier alpha value is -3.09. The molecule has 2 rings (SSSR count). The summed E-state index contributed by atoms with van der Waals surface area (Å²) in [6.45, 7) is 2.73. The Bertz CT molecular complexity index is 2040. The second kappa shape index (κ2) is 68.0. The Morgan fingerprint density at radius 2 is 0.697 bits per heavy atom. The van der Waals surface area contributed by atoms with Crippen LogP contribution in [0.15, 0.2) is 97.2 Å². The zero-order valence-corrected chi connectivity index (χ0v) is 63.0. The first-order chi connectivity index (χ1) is 48.6. The van der Waals surface area contributed by atoms with Gasteiger partial charge >= 0.3 is 0 Å². The van der Waals surface area contributed by atoms with Crippen LogP contribution in [0.3, 0.4) is 0 Å². The lowest BCUT2D eigenvalue weighted by Crippen LogP contribution is -2.65. The standard InChI is InChI=1S/C85H151NO13/c1-3-5-7-9-11-13-15-17-19-21-23-25-27-29-30-31-32-33-34-35-36-37-38-39-40-41-42-43-44-45-47-49-51-53-55-57-59-61-63-65-67-69-77(90)86-73(72-96-84-82(95)80(93)83(76(71-88)98-84)99-85-81(94)79(92)78(91)75(70-87)97-85)74(89)68-66-64-62-60-58-56-54-52-50-48-46-28-26-24-22-20-18-16-14-12-10-8-6-4-2/h5,7,11,13,17,19,23,25,29-30,32-33,35-36,66,68,73-76,78-85,87-89,91-95H,3-4,6,8-10,12,14-16,18,20-22,24,26-28,31,34,37-65,67,69-72H2,1-2H3,(H,86,90)/b7-5-,13-11-,19-17-,25-23-,30-29-,33-32-,36-35-,68-66+. The van der Waals surface area contributed by atoms with Gasteiger partial charge in [0.2, 0.25) is 5.91 Å². The van der Waals surface area contributed by atoms with Crippen molar-refractivity contribution in [1.29, 1.82) is 0 Å². The second-order valence-electron chi connectivity index (χ2n) is 28.5. The van der Waals surface area contributed by atoms with E-state index in [4.69, 9.17) is 18.9 Å². The third-order valence-corrected chi connectivity index (χ3v) is 19.5. The zero-order chi connectivity index (χ0) is 71.5. The van der Waals surface area contributed by atoms with Crippen molar-refractivity contribution in [2.24, 2.45) is 0 Å². The van der Waals surface area contributed by atoms with Gasteiger partial charge in [-0.3, -0.25) is 4.79 Å². The van der Waals surface area contributed by atoms with Gasteiger partial charge in [0, 0.05) is 6.42 Å². The number of aliphatic hydroxyl groups excluding tert-OH is 8. The van der Waals surface area contributed by atoms with Crippen LogP contribution in [0, 0.1) is 0 Å². The number of aliphatic hydroxyl groups is 8. The van der Waals surface area contributed by atoms with Crippen molar-refractivity contribution < 1.29 is 64.6 Å². The summed E-state index contributed by atoms with van der Waals surface area (Å²) in [6, 6.07) is -0.919. The van der Waals surface area contributed by atoms with E-state index in [0.29, 0.717) is 6.42 Å². The third-order valence-electron chi connectivity index (χ3n) is 19.5. The van der Waals surface area contributed by atoms with Gasteiger partial charge < -0.3 is 65.1 Å². The van der Waals surface area contributed by atoms with Gasteiger partial charge in [0.05, 0.1) is 32.0 Å². The minimum absolute atomic E-state index is 0.235. The maximum Gasteiger partial charge on any atom is 0.220 e. The molecule has 0 aromatic carbocycles. The fourth-order valence-electron chi connectivity index (χ4n) is 13.1. The number of carbonyl (C=O) groups excluding carboxylic acids is 1. The van der Waals surface area contributed by atoms with Crippen LogP contribution >= 0.6 is 0 Å². The van der Waals surface area contributed by atoms with Crippen molar-refractivity contribution in [2.45, 2.75) is 415 Å². The van der Waals surface area contributed by atoms with E-state index in [0.717, 1.165) is 83.5 Å². The maximum atomic E-state index is 13.4. The molecule has 0 spiro atoms. The van der Waals surface area contributed by atoms with Gasteiger partial charge in [-0.25, -0.2) is 0 Å². The topological polar surface area (TPSA) is 228 Å². The summed E-state index contributed by atoms with van der Waals surface area (Å²) in [6.07, 6.45) is 80.6. The van der Waals surface area contributed by atoms with E-state index in [9.17, 15) is 45.6 Å². The molecule has 0 aromatic heterocycles. The minimum atomic E-state index is -1.79. The van der Waals surface area contributed by atoms with Crippen molar-refractivity contribution in [3.8, 4) is 0 Å². The van der Waals surface area contributed by atoms with Gasteiger partial charge in [0.15, 0.2) is 12.6 Å². The summed E-state index contributed by atoms with van der Waals surface area (Å²) in [5, 5.41) is 87.7. The third kappa shape index (κ3) is 50.9. The molecular weight excluding hydrogens is 1240 g/mol. The summed E-state index contributed by atoms with van der Waals surface area (Å²) in [5.41, 5.74) is 0. The lowest BCUT2D eigenvalue weighted by atomic mass is 9.97. The van der Waals surface area contributed by atoms with E-state index in [1.165, 1.54) is 231 Å². The van der Waals surface area contributed by atoms with Gasteiger partial charge in [-0.2, -0.15) is 0 Å². The van der Waals surface area contributed by atoms with Gasteiger partial charge in [-0.15, -0.1) is 0 Å². The maximum absolute atomic E-state index is 13.4. The molecule has 14 nitrogen and oxygen atoms in total. The summed E-state index contributed by atoms with van der Waals surface area (Å²) in [5.74, 6) is -0.235. The lowest BCUT2D eigenvalue weighted by Gasteiger charge is -2.46. The van der Waals surface area contributed by atoms with E-state index in [-0.39, 0.29) is 18.9 Å². The average Bonchev–Trinajstić information content (AvgIpc) is 0.799. The van der Waals surface area contributed by atoms with E-state index in [2.05, 4.69) is 104 Å². The first-order valence-corrected chi connectivity index (χ1v) is 41.0. The van der Waals surface area contributed by atoms with Crippen LogP contribution in [-0.4, -0.2) is 140 Å². The molecule has 2 heterocycles. The van der Waals surface area contributed by atoms with E-state index in [1.54, 1.807) is 6.08 Å². The average molecular weight is 1400 g/mol. The molecule has 0 aliphatic carbocycles. The molecule has 99 heavy (non-hydrogen) atoms. The van der Waals surface area contributed by atoms with Crippen molar-refractivity contribution in [2.75, 3.05) is 19.8 Å². The number of hydrogen-bond acceptors (Lipinski definition) is 13. The molecule has 0 bridgehead atoms. The van der Waals surface area contributed by atoms with Crippen molar-refractivity contribution in [3.63, 3.8) is 0 Å². The highest BCUT2D eigenvalue weighted by Crippen LogP contribution is 2.30. The van der Waals surface area contributed by atoms with Gasteiger partial charge in [0.25, 0.3) is 0 Å². The van der Waals surface area contributed by atoms with Crippen LogP contribution in [0.5, 0.6) is 0 Å². The SMILES string of the molecule is CC/C=C\C/C=C\C/C=C\C/C=C\C/C=C\C/C=C\C/C=C\CCCCCCCCCCCCCCCCCCCCCC(=O)NC(COC1OC(CO)C(OC2OC(CO)C(O)C(O)C2O)C(O)C1O)C(O)/C=C/CCCCCCCCCCCCCCCCCCCCCCCC. The van der Waals surface area contributed by atoms with E-state index >= 15 is 0 Å². The summed E-state index contributed by atoms with van der Waals surface area (Å²) >= 11 is 0. The fourth-order valence-corrected chi connectivity index (χ4v) is 13.1. The highest BCUT2D eigenvalue weighted by atomic mass is 16.7. The number of unbranched alkanes of at least 4 members (excludes halogenated alkanes) is 41. The first kappa shape index (κ1) is 92.0. The summed E-state index contributed by atoms with van der Waals surface area (Å²) in [7, 11) is 0. The van der Waals surface area contributed by atoms with Gasteiger partial charge in [0.1, 0.15) is 48.8 Å². The normalized spacial score (nSPS) is 22.4. The summed E-state index contributed by atoms with van der Waals surface area (Å²) < 4.78 is 22.9. The van der Waals surface area contributed by atoms with Crippen LogP contribution in [0.4, 0.5) is 0 Å². The quantitative estimate of drug-likeness (QED) is 0.0204. The molecule has 2 aliphatic rings. The lowest BCUT2D eigenvalue weighted by molar-refractivity contribution is -0.359. The van der Waals surface area contributed by atoms with E-state index in [1.807, 2.05) is 6.08 Å². The Balaban J connectivity index is 1.58. The van der Waals surface area contributed by atoms with Crippen molar-refractivity contribution in [1.82, 2.24) is 5.32 Å². The fraction of sp³-hybridized carbons (Fsp3) is 0.800. The van der Waals surface area contributed by atoms with Crippen LogP contribution in [0.1, 0.15) is 341 Å². The van der Waals surface area contributed by atoms with Crippen LogP contribution in [0.2, 0.25) is 0 Å². The smallest absolute Gasteiger partial charge is 0.220 e. The Morgan fingerprint density at radius 3 is 1.07 bits per heavy atom. The zero-order valence-electron chi connectivity index (χ0n) is 63.0. The van der Waals surface area contributed by atoms with Crippen LogP contribution < -0.4 is 5.32 Å². The molecule has 12 unspecified atom stereocenters. The van der Waals surface area contributed by atoms with E-state index < -0.39 is 86.8 Å². The monoisotopic (exact) mass is 1390 g/mol. The van der Waals surface area contributed by atoms with Gasteiger partial charge in [-0.1, -0.05) is 355 Å². The number of allylic oxidation sites excluding steroid dienone is 15. The predicted molar refractivity (Wildman–Crippen MR) is 410 cm³/mol. The largest absolute Gasteiger partial charge is 0.394 e. The van der Waals surface area contributed by atoms with Gasteiger partial charge in [-0.05, 0) is 77.0 Å². The molecule has 0 radical (unpaired) electrons. The molecule has 0 saturated carbocycles. The molecule has 12 atom stereocenters. The van der Waals surface area contributed by atoms with Crippen LogP contribution in [0.25, 0.3) is 0 Å². The Labute approximate surface area is 604 Å². The minimum Gasteiger partial charge on any atom is -0.394 e. The number of hydrogen-bond donors (Lipinski definition) is 9. The molecule has 2 fully saturated rings. The molecule has 2 aliphatic heterocycles. The molecule has 574 valence electrons. The van der Waals surface area contributed by atoms with Crippen molar-refractivity contribution in [3.05, 3.63) is 97.2 Å². The number of amides is 1. The molecular formula is C85H151NO13. The number of carbonyl (C=O) groups is 1. The number of ether oxygens (including phenoxy) is 4. The highest BCUT2D eigenvalue weighted by molar-refractivity contribution is 5.76. The van der Waals surface area contributed by atoms with Crippen molar-refractivity contribution >= 4 is 5.91 Å². The number of rotatable bonds is 68. The summed E-state index contributed by atoms with van der Waals surface area (Å²) in [4.78, 5) is 13.4. The second-order valence-corrected chi connectivity index (χ2v) is 28.5. The first-order valence-electron chi connectivity index (χ1n) is 41.0. The molecule has 2 saturated heterocycles. The molecule has 1 amide bonds. The Kier molecular flexibility index (Phi) is 63.2.